The van der Waals surface area contributed by atoms with Crippen molar-refractivity contribution < 1.29 is 14.4 Å². The molecule has 2 aromatic carbocycles. The third-order valence-electron chi connectivity index (χ3n) is 4.90. The van der Waals surface area contributed by atoms with Gasteiger partial charge in [0.25, 0.3) is 5.91 Å². The summed E-state index contributed by atoms with van der Waals surface area (Å²) in [6, 6.07) is 14.3. The SMILES string of the molecule is CC[NH+]1CCN(c2ccc(Cl)cc2NC(=O)COc2ccc(C#N)cc2)CC1. The van der Waals surface area contributed by atoms with Crippen molar-refractivity contribution in [2.24, 2.45) is 0 Å². The van der Waals surface area contributed by atoms with Crippen LogP contribution in [0.15, 0.2) is 42.5 Å². The van der Waals surface area contributed by atoms with Gasteiger partial charge in [-0.15, -0.1) is 0 Å². The van der Waals surface area contributed by atoms with Crippen molar-refractivity contribution in [3.05, 3.63) is 53.1 Å². The monoisotopic (exact) mass is 399 g/mol. The van der Waals surface area contributed by atoms with Gasteiger partial charge in [0, 0.05) is 5.02 Å². The Labute approximate surface area is 170 Å². The minimum atomic E-state index is -0.259. The summed E-state index contributed by atoms with van der Waals surface area (Å²) in [5.41, 5.74) is 2.22. The van der Waals surface area contributed by atoms with Gasteiger partial charge in [0.05, 0.1) is 55.7 Å². The Morgan fingerprint density at radius 1 is 1.25 bits per heavy atom. The number of nitriles is 1. The average molecular weight is 400 g/mol. The molecule has 1 aliphatic heterocycles. The van der Waals surface area contributed by atoms with Crippen molar-refractivity contribution >= 4 is 28.9 Å². The molecule has 2 aromatic rings. The summed E-state index contributed by atoms with van der Waals surface area (Å²) in [5, 5.41) is 12.3. The number of halogens is 1. The number of nitrogens with one attached hydrogen (secondary N) is 2. The average Bonchev–Trinajstić information content (AvgIpc) is 2.73. The summed E-state index contributed by atoms with van der Waals surface area (Å²) in [5.74, 6) is 0.282. The summed E-state index contributed by atoms with van der Waals surface area (Å²) in [7, 11) is 0. The van der Waals surface area contributed by atoms with Crippen LogP contribution in [0.1, 0.15) is 12.5 Å². The number of rotatable bonds is 6. The number of anilines is 2. The smallest absolute Gasteiger partial charge is 0.262 e. The van der Waals surface area contributed by atoms with Gasteiger partial charge in [-0.25, -0.2) is 0 Å². The molecule has 2 N–H and O–H groups in total. The minimum absolute atomic E-state index is 0.119. The number of quaternary nitrogens is 1. The lowest BCUT2D eigenvalue weighted by Gasteiger charge is -2.34. The Bertz CT molecular complexity index is 856. The molecule has 1 heterocycles. The van der Waals surface area contributed by atoms with E-state index in [-0.39, 0.29) is 12.5 Å². The van der Waals surface area contributed by atoms with Crippen LogP contribution in [0.2, 0.25) is 5.02 Å². The van der Waals surface area contributed by atoms with Crippen LogP contribution in [0, 0.1) is 11.3 Å². The standard InChI is InChI=1S/C21H23ClN4O2/c1-2-25-9-11-26(12-10-25)20-8-5-17(22)13-19(20)24-21(27)15-28-18-6-3-16(14-23)4-7-18/h3-8,13H,2,9-12,15H2,1H3,(H,24,27)/p+1. The minimum Gasteiger partial charge on any atom is -0.484 e. The first-order valence-corrected chi connectivity index (χ1v) is 9.77. The lowest BCUT2D eigenvalue weighted by atomic mass is 10.2. The summed E-state index contributed by atoms with van der Waals surface area (Å²) in [6.45, 7) is 7.25. The molecule has 0 atom stereocenters. The van der Waals surface area contributed by atoms with Crippen molar-refractivity contribution in [2.45, 2.75) is 6.92 Å². The molecule has 0 unspecified atom stereocenters. The third-order valence-corrected chi connectivity index (χ3v) is 5.13. The van der Waals surface area contributed by atoms with Gasteiger partial charge in [-0.3, -0.25) is 4.79 Å². The Kier molecular flexibility index (Phi) is 6.75. The van der Waals surface area contributed by atoms with Crippen LogP contribution < -0.4 is 19.9 Å². The highest BCUT2D eigenvalue weighted by atomic mass is 35.5. The molecule has 0 aliphatic carbocycles. The fraction of sp³-hybridized carbons (Fsp3) is 0.333. The first-order valence-electron chi connectivity index (χ1n) is 9.40. The molecular formula is C21H24ClN4O2+. The zero-order valence-corrected chi connectivity index (χ0v) is 16.6. The van der Waals surface area contributed by atoms with Gasteiger partial charge in [-0.1, -0.05) is 11.6 Å². The molecule has 0 saturated carbocycles. The Hall–Kier alpha value is -2.75. The Morgan fingerprint density at radius 3 is 2.61 bits per heavy atom. The molecule has 3 rings (SSSR count). The van der Waals surface area contributed by atoms with Gasteiger partial charge in [0.15, 0.2) is 6.61 Å². The molecule has 0 spiro atoms. The number of hydrogen-bond donors (Lipinski definition) is 2. The third kappa shape index (κ3) is 5.16. The van der Waals surface area contributed by atoms with Gasteiger partial charge in [0.1, 0.15) is 5.75 Å². The van der Waals surface area contributed by atoms with Crippen molar-refractivity contribution in [3.8, 4) is 11.8 Å². The van der Waals surface area contributed by atoms with Crippen molar-refractivity contribution in [2.75, 3.05) is 49.5 Å². The fourth-order valence-corrected chi connectivity index (χ4v) is 3.43. The van der Waals surface area contributed by atoms with E-state index in [0.29, 0.717) is 22.0 Å². The van der Waals surface area contributed by atoms with Gasteiger partial charge >= 0.3 is 0 Å². The number of amides is 1. The molecule has 28 heavy (non-hydrogen) atoms. The lowest BCUT2D eigenvalue weighted by molar-refractivity contribution is -0.898. The highest BCUT2D eigenvalue weighted by Gasteiger charge is 2.21. The van der Waals surface area contributed by atoms with E-state index in [9.17, 15) is 4.79 Å². The quantitative estimate of drug-likeness (QED) is 0.779. The Balaban J connectivity index is 1.63. The van der Waals surface area contributed by atoms with E-state index in [0.717, 1.165) is 38.4 Å². The van der Waals surface area contributed by atoms with Gasteiger partial charge < -0.3 is 19.9 Å². The molecular weight excluding hydrogens is 376 g/mol. The topological polar surface area (TPSA) is 69.8 Å². The van der Waals surface area contributed by atoms with E-state index in [1.807, 2.05) is 18.2 Å². The van der Waals surface area contributed by atoms with Gasteiger partial charge in [-0.05, 0) is 49.4 Å². The van der Waals surface area contributed by atoms with Crippen molar-refractivity contribution in [1.82, 2.24) is 0 Å². The number of likely N-dealkylation sites (N-methyl/N-ethyl adjacent to an activating group) is 1. The zero-order chi connectivity index (χ0) is 19.9. The van der Waals surface area contributed by atoms with Crippen molar-refractivity contribution in [3.63, 3.8) is 0 Å². The maximum atomic E-state index is 12.4. The summed E-state index contributed by atoms with van der Waals surface area (Å²) in [6.07, 6.45) is 0. The number of carbonyl (C=O) groups is 1. The van der Waals surface area contributed by atoms with Crippen LogP contribution in [0.5, 0.6) is 5.75 Å². The molecule has 0 bridgehead atoms. The highest BCUT2D eigenvalue weighted by Crippen LogP contribution is 2.29. The number of ether oxygens (including phenoxy) is 1. The zero-order valence-electron chi connectivity index (χ0n) is 15.9. The molecule has 1 aliphatic rings. The predicted molar refractivity (Wildman–Crippen MR) is 110 cm³/mol. The normalized spacial score (nSPS) is 14.4. The molecule has 0 radical (unpaired) electrons. The van der Waals surface area contributed by atoms with Gasteiger partial charge in [-0.2, -0.15) is 5.26 Å². The molecule has 146 valence electrons. The molecule has 0 aromatic heterocycles. The first-order chi connectivity index (χ1) is 13.6. The lowest BCUT2D eigenvalue weighted by Crippen LogP contribution is -3.14. The number of piperazine rings is 1. The summed E-state index contributed by atoms with van der Waals surface area (Å²) >= 11 is 6.15. The van der Waals surface area contributed by atoms with E-state index in [1.54, 1.807) is 35.2 Å². The van der Waals surface area contributed by atoms with Crippen molar-refractivity contribution in [1.29, 1.82) is 5.26 Å². The second kappa shape index (κ2) is 9.45. The molecule has 7 heteroatoms. The molecule has 1 amide bonds. The van der Waals surface area contributed by atoms with E-state index >= 15 is 0 Å². The largest absolute Gasteiger partial charge is 0.484 e. The first kappa shape index (κ1) is 20.0. The maximum absolute atomic E-state index is 12.4. The van der Waals surface area contributed by atoms with Crippen LogP contribution in [0.25, 0.3) is 0 Å². The molecule has 1 saturated heterocycles. The fourth-order valence-electron chi connectivity index (χ4n) is 3.26. The number of benzene rings is 2. The van der Waals surface area contributed by atoms with Crippen LogP contribution in [-0.4, -0.2) is 45.2 Å². The van der Waals surface area contributed by atoms with Crippen LogP contribution in [-0.2, 0) is 4.79 Å². The van der Waals surface area contributed by atoms with Gasteiger partial charge in [0.2, 0.25) is 0 Å². The second-order valence-corrected chi connectivity index (χ2v) is 7.16. The molecule has 1 fully saturated rings. The number of hydrogen-bond acceptors (Lipinski definition) is 4. The Morgan fingerprint density at radius 2 is 1.96 bits per heavy atom. The number of nitrogens with zero attached hydrogens (tertiary/aromatic N) is 2. The maximum Gasteiger partial charge on any atom is 0.262 e. The second-order valence-electron chi connectivity index (χ2n) is 6.73. The summed E-state index contributed by atoms with van der Waals surface area (Å²) < 4.78 is 5.51. The summed E-state index contributed by atoms with van der Waals surface area (Å²) in [4.78, 5) is 16.3. The molecule has 6 nitrogen and oxygen atoms in total. The van der Waals surface area contributed by atoms with Crippen LogP contribution in [0.3, 0.4) is 0 Å². The van der Waals surface area contributed by atoms with E-state index in [2.05, 4.69) is 17.1 Å². The van der Waals surface area contributed by atoms with Crippen LogP contribution in [0.4, 0.5) is 11.4 Å². The van der Waals surface area contributed by atoms with E-state index < -0.39 is 0 Å². The highest BCUT2D eigenvalue weighted by molar-refractivity contribution is 6.31. The van der Waals surface area contributed by atoms with E-state index in [1.165, 1.54) is 0 Å². The van der Waals surface area contributed by atoms with Crippen LogP contribution >= 0.6 is 11.6 Å². The van der Waals surface area contributed by atoms with E-state index in [4.69, 9.17) is 21.6 Å². The number of carbonyl (C=O) groups excluding carboxylic acids is 1. The predicted octanol–water partition coefficient (Wildman–Crippen LogP) is 1.95.